The molecule has 0 spiro atoms. The van der Waals surface area contributed by atoms with E-state index in [9.17, 15) is 13.2 Å². The average Bonchev–Trinajstić information content (AvgIpc) is 1.96. The van der Waals surface area contributed by atoms with Crippen molar-refractivity contribution in [3.8, 4) is 0 Å². The first kappa shape index (κ1) is 10.1. The first-order valence-corrected chi connectivity index (χ1v) is 4.40. The van der Waals surface area contributed by atoms with Crippen molar-refractivity contribution in [2.24, 2.45) is 0 Å². The summed E-state index contributed by atoms with van der Waals surface area (Å²) in [6.45, 7) is 0. The van der Waals surface area contributed by atoms with Gasteiger partial charge < -0.3 is 0 Å². The highest BCUT2D eigenvalue weighted by Gasteiger charge is 2.14. The number of rotatable bonds is 1. The van der Waals surface area contributed by atoms with Gasteiger partial charge in [0, 0.05) is 5.56 Å². The third kappa shape index (κ3) is 2.04. The zero-order valence-electron chi connectivity index (χ0n) is 5.62. The third-order valence-corrected chi connectivity index (χ3v) is 2.43. The minimum absolute atomic E-state index is 0.101. The molecular formula is C7H3ClF3I. The molecule has 0 radical (unpaired) electrons. The highest BCUT2D eigenvalue weighted by Crippen LogP contribution is 2.29. The lowest BCUT2D eigenvalue weighted by Gasteiger charge is -2.03. The highest BCUT2D eigenvalue weighted by atomic mass is 127. The van der Waals surface area contributed by atoms with E-state index in [1.54, 1.807) is 22.6 Å². The smallest absolute Gasteiger partial charge is 0.206 e. The molecular weight excluding hydrogens is 303 g/mol. The van der Waals surface area contributed by atoms with E-state index in [0.717, 1.165) is 6.07 Å². The molecule has 0 saturated carbocycles. The quantitative estimate of drug-likeness (QED) is 0.543. The minimum Gasteiger partial charge on any atom is -0.206 e. The fourth-order valence-corrected chi connectivity index (χ4v) is 1.60. The summed E-state index contributed by atoms with van der Waals surface area (Å²) in [5.41, 5.74) is -0.463. The van der Waals surface area contributed by atoms with Gasteiger partial charge in [0.1, 0.15) is 5.82 Å². The lowest BCUT2D eigenvalue weighted by atomic mass is 10.2. The van der Waals surface area contributed by atoms with Crippen LogP contribution >= 0.6 is 34.2 Å². The fraction of sp³-hybridized carbons (Fsp3) is 0.143. The van der Waals surface area contributed by atoms with Gasteiger partial charge in [-0.2, -0.15) is 0 Å². The first-order valence-electron chi connectivity index (χ1n) is 2.95. The molecule has 66 valence electrons. The van der Waals surface area contributed by atoms with Gasteiger partial charge in [0.25, 0.3) is 6.43 Å². The molecule has 0 aromatic heterocycles. The second-order valence-electron chi connectivity index (χ2n) is 2.09. The van der Waals surface area contributed by atoms with Gasteiger partial charge in [-0.15, -0.1) is 0 Å². The van der Waals surface area contributed by atoms with Crippen LogP contribution in [0.5, 0.6) is 0 Å². The molecule has 0 saturated heterocycles. The Morgan fingerprint density at radius 2 is 1.92 bits per heavy atom. The molecule has 5 heteroatoms. The van der Waals surface area contributed by atoms with Crippen LogP contribution < -0.4 is 0 Å². The molecule has 0 aliphatic heterocycles. The van der Waals surface area contributed by atoms with Crippen LogP contribution in [0.15, 0.2) is 12.1 Å². The van der Waals surface area contributed by atoms with Crippen molar-refractivity contribution in [1.82, 2.24) is 0 Å². The summed E-state index contributed by atoms with van der Waals surface area (Å²) in [4.78, 5) is 0. The standard InChI is InChI=1S/C7H3ClF3I/c8-4-2-6(12)5(9)1-3(4)7(10)11/h1-2,7H. The van der Waals surface area contributed by atoms with Crippen LogP contribution in [0.25, 0.3) is 0 Å². The Hall–Kier alpha value is 0.0300. The summed E-state index contributed by atoms with van der Waals surface area (Å²) < 4.78 is 37.1. The molecule has 0 fully saturated rings. The van der Waals surface area contributed by atoms with Gasteiger partial charge in [-0.25, -0.2) is 13.2 Å². The fourth-order valence-electron chi connectivity index (χ4n) is 0.705. The van der Waals surface area contributed by atoms with Crippen molar-refractivity contribution >= 4 is 34.2 Å². The maximum absolute atomic E-state index is 12.7. The van der Waals surface area contributed by atoms with Crippen LogP contribution in [-0.2, 0) is 0 Å². The minimum atomic E-state index is -2.73. The molecule has 0 aliphatic carbocycles. The Kier molecular flexibility index (Phi) is 3.22. The molecule has 1 aromatic carbocycles. The van der Waals surface area contributed by atoms with Crippen LogP contribution in [-0.4, -0.2) is 0 Å². The molecule has 0 aliphatic rings. The average molecular weight is 306 g/mol. The lowest BCUT2D eigenvalue weighted by molar-refractivity contribution is 0.151. The maximum atomic E-state index is 12.7. The maximum Gasteiger partial charge on any atom is 0.265 e. The molecule has 0 unspecified atom stereocenters. The topological polar surface area (TPSA) is 0 Å². The predicted octanol–water partition coefficient (Wildman–Crippen LogP) is 4.02. The van der Waals surface area contributed by atoms with E-state index in [-0.39, 0.29) is 8.59 Å². The molecule has 0 amide bonds. The van der Waals surface area contributed by atoms with E-state index in [2.05, 4.69) is 0 Å². The predicted molar refractivity (Wildman–Crippen MR) is 49.1 cm³/mol. The Bertz CT molecular complexity index is 301. The van der Waals surface area contributed by atoms with Crippen molar-refractivity contribution < 1.29 is 13.2 Å². The van der Waals surface area contributed by atoms with Gasteiger partial charge in [-0.05, 0) is 34.7 Å². The molecule has 0 nitrogen and oxygen atoms in total. The zero-order chi connectivity index (χ0) is 9.30. The summed E-state index contributed by atoms with van der Waals surface area (Å²) in [5.74, 6) is -0.671. The van der Waals surface area contributed by atoms with Crippen molar-refractivity contribution in [3.05, 3.63) is 32.1 Å². The molecule has 0 bridgehead atoms. The number of hydrogen-bond donors (Lipinski definition) is 0. The number of benzene rings is 1. The van der Waals surface area contributed by atoms with Gasteiger partial charge in [0.2, 0.25) is 0 Å². The Labute approximate surface area is 85.9 Å². The van der Waals surface area contributed by atoms with E-state index < -0.39 is 17.8 Å². The van der Waals surface area contributed by atoms with Crippen LogP contribution in [0.1, 0.15) is 12.0 Å². The monoisotopic (exact) mass is 306 g/mol. The third-order valence-electron chi connectivity index (χ3n) is 1.27. The molecule has 1 rings (SSSR count). The molecule has 0 N–H and O–H groups in total. The molecule has 0 heterocycles. The summed E-state index contributed by atoms with van der Waals surface area (Å²) in [6, 6.07) is 1.94. The molecule has 0 atom stereocenters. The van der Waals surface area contributed by atoms with Gasteiger partial charge in [0.15, 0.2) is 0 Å². The normalized spacial score (nSPS) is 10.8. The van der Waals surface area contributed by atoms with Crippen molar-refractivity contribution in [2.75, 3.05) is 0 Å². The van der Waals surface area contributed by atoms with E-state index in [4.69, 9.17) is 11.6 Å². The van der Waals surface area contributed by atoms with Crippen LogP contribution in [0.3, 0.4) is 0 Å². The second kappa shape index (κ2) is 3.83. The Morgan fingerprint density at radius 3 is 2.42 bits per heavy atom. The zero-order valence-corrected chi connectivity index (χ0v) is 8.54. The van der Waals surface area contributed by atoms with Crippen LogP contribution in [0.4, 0.5) is 13.2 Å². The number of alkyl halides is 2. The van der Waals surface area contributed by atoms with Gasteiger partial charge in [0.05, 0.1) is 8.59 Å². The Morgan fingerprint density at radius 1 is 1.33 bits per heavy atom. The second-order valence-corrected chi connectivity index (χ2v) is 3.66. The van der Waals surface area contributed by atoms with Gasteiger partial charge in [-0.1, -0.05) is 11.6 Å². The first-order chi connectivity index (χ1) is 5.52. The van der Waals surface area contributed by atoms with Crippen molar-refractivity contribution in [3.63, 3.8) is 0 Å². The molecule has 1 aromatic rings. The molecule has 12 heavy (non-hydrogen) atoms. The van der Waals surface area contributed by atoms with E-state index in [1.807, 2.05) is 0 Å². The summed E-state index contributed by atoms with van der Waals surface area (Å²) in [7, 11) is 0. The Balaban J connectivity index is 3.23. The summed E-state index contributed by atoms with van der Waals surface area (Å²) in [5, 5.41) is -0.101. The summed E-state index contributed by atoms with van der Waals surface area (Å²) >= 11 is 7.13. The van der Waals surface area contributed by atoms with E-state index >= 15 is 0 Å². The van der Waals surface area contributed by atoms with Gasteiger partial charge in [-0.3, -0.25) is 0 Å². The van der Waals surface area contributed by atoms with Crippen LogP contribution in [0, 0.1) is 9.39 Å². The highest BCUT2D eigenvalue weighted by molar-refractivity contribution is 14.1. The van der Waals surface area contributed by atoms with Gasteiger partial charge >= 0.3 is 0 Å². The largest absolute Gasteiger partial charge is 0.265 e. The van der Waals surface area contributed by atoms with E-state index in [1.165, 1.54) is 6.07 Å². The van der Waals surface area contributed by atoms with E-state index in [0.29, 0.717) is 0 Å². The summed E-state index contributed by atoms with van der Waals surface area (Å²) in [6.07, 6.45) is -2.73. The van der Waals surface area contributed by atoms with Crippen molar-refractivity contribution in [1.29, 1.82) is 0 Å². The SMILES string of the molecule is Fc1cc(C(F)F)c(Cl)cc1I. The number of hydrogen-bond acceptors (Lipinski definition) is 0. The lowest BCUT2D eigenvalue weighted by Crippen LogP contribution is -1.90. The number of halogens is 5. The van der Waals surface area contributed by atoms with Crippen molar-refractivity contribution in [2.45, 2.75) is 6.43 Å². The van der Waals surface area contributed by atoms with Crippen LogP contribution in [0.2, 0.25) is 5.02 Å².